The van der Waals surface area contributed by atoms with Gasteiger partial charge >= 0.3 is 0 Å². The lowest BCUT2D eigenvalue weighted by Gasteiger charge is -2.31. The first-order valence-electron chi connectivity index (χ1n) is 6.33. The molecule has 0 amide bonds. The van der Waals surface area contributed by atoms with E-state index in [9.17, 15) is 0 Å². The molecular formula is C14H19BrClNO. The fraction of sp³-hybridized carbons (Fsp3) is 0.571. The smallest absolute Gasteiger partial charge is 0.119 e. The van der Waals surface area contributed by atoms with Crippen LogP contribution in [0.4, 0.5) is 0 Å². The van der Waals surface area contributed by atoms with Crippen molar-refractivity contribution in [3.63, 3.8) is 0 Å². The Balaban J connectivity index is 1.97. The summed E-state index contributed by atoms with van der Waals surface area (Å²) >= 11 is 9.52. The van der Waals surface area contributed by atoms with Crippen LogP contribution < -0.4 is 4.74 Å². The van der Waals surface area contributed by atoms with Gasteiger partial charge in [0.25, 0.3) is 0 Å². The van der Waals surface area contributed by atoms with E-state index in [-0.39, 0.29) is 0 Å². The molecule has 0 N–H and O–H groups in total. The summed E-state index contributed by atoms with van der Waals surface area (Å²) in [5.41, 5.74) is 1.29. The van der Waals surface area contributed by atoms with Crippen LogP contribution in [0.2, 0.25) is 0 Å². The van der Waals surface area contributed by atoms with E-state index in [4.69, 9.17) is 16.3 Å². The van der Waals surface area contributed by atoms with Gasteiger partial charge in [0.05, 0.1) is 7.11 Å². The third-order valence-electron chi connectivity index (χ3n) is 3.57. The summed E-state index contributed by atoms with van der Waals surface area (Å²) in [7, 11) is 1.71. The standard InChI is InChI=1S/C14H19BrClNO/c1-18-13-2-3-14(15)12(8-13)10-17-6-4-11(9-16)5-7-17/h2-3,8,11H,4-7,9-10H2,1H3. The van der Waals surface area contributed by atoms with Crippen molar-refractivity contribution in [3.8, 4) is 5.75 Å². The molecule has 1 aromatic rings. The Morgan fingerprint density at radius 3 is 2.72 bits per heavy atom. The summed E-state index contributed by atoms with van der Waals surface area (Å²) < 4.78 is 6.43. The van der Waals surface area contributed by atoms with E-state index in [0.717, 1.165) is 35.7 Å². The molecule has 1 aliphatic rings. The highest BCUT2D eigenvalue weighted by Gasteiger charge is 2.19. The lowest BCUT2D eigenvalue weighted by Crippen LogP contribution is -2.33. The fourth-order valence-electron chi connectivity index (χ4n) is 2.34. The van der Waals surface area contributed by atoms with E-state index >= 15 is 0 Å². The molecule has 100 valence electrons. The quantitative estimate of drug-likeness (QED) is 0.775. The molecule has 0 aromatic heterocycles. The van der Waals surface area contributed by atoms with E-state index in [1.165, 1.54) is 18.4 Å². The Labute approximate surface area is 122 Å². The first kappa shape index (κ1) is 14.2. The number of piperidine rings is 1. The monoisotopic (exact) mass is 331 g/mol. The average Bonchev–Trinajstić information content (AvgIpc) is 2.42. The van der Waals surface area contributed by atoms with Crippen LogP contribution >= 0.6 is 27.5 Å². The Hall–Kier alpha value is -0.250. The molecule has 1 fully saturated rings. The summed E-state index contributed by atoms with van der Waals surface area (Å²) in [5.74, 6) is 2.43. The van der Waals surface area contributed by atoms with Crippen molar-refractivity contribution in [1.82, 2.24) is 4.90 Å². The zero-order valence-electron chi connectivity index (χ0n) is 10.7. The van der Waals surface area contributed by atoms with E-state index in [1.54, 1.807) is 7.11 Å². The molecule has 18 heavy (non-hydrogen) atoms. The number of likely N-dealkylation sites (tertiary alicyclic amines) is 1. The SMILES string of the molecule is COc1ccc(Br)c(CN2CCC(CCl)CC2)c1. The molecule has 0 spiro atoms. The van der Waals surface area contributed by atoms with Gasteiger partial charge in [-0.05, 0) is 55.6 Å². The molecule has 0 radical (unpaired) electrons. The molecule has 0 atom stereocenters. The van der Waals surface area contributed by atoms with Crippen molar-refractivity contribution in [2.45, 2.75) is 19.4 Å². The first-order valence-corrected chi connectivity index (χ1v) is 7.66. The van der Waals surface area contributed by atoms with Gasteiger partial charge in [0.2, 0.25) is 0 Å². The van der Waals surface area contributed by atoms with Crippen LogP contribution in [0.3, 0.4) is 0 Å². The largest absolute Gasteiger partial charge is 0.497 e. The number of hydrogen-bond acceptors (Lipinski definition) is 2. The number of halogens is 2. The molecule has 0 aliphatic carbocycles. The van der Waals surface area contributed by atoms with Gasteiger partial charge in [-0.15, -0.1) is 11.6 Å². The van der Waals surface area contributed by atoms with Crippen LogP contribution in [0.15, 0.2) is 22.7 Å². The Morgan fingerprint density at radius 1 is 1.39 bits per heavy atom. The minimum Gasteiger partial charge on any atom is -0.497 e. The fourth-order valence-corrected chi connectivity index (χ4v) is 3.02. The van der Waals surface area contributed by atoms with Crippen LogP contribution in [0, 0.1) is 5.92 Å². The van der Waals surface area contributed by atoms with E-state index in [1.807, 2.05) is 6.07 Å². The van der Waals surface area contributed by atoms with Gasteiger partial charge in [-0.25, -0.2) is 0 Å². The molecule has 1 heterocycles. The molecule has 0 unspecified atom stereocenters. The summed E-state index contributed by atoms with van der Waals surface area (Å²) in [5, 5.41) is 0. The van der Waals surface area contributed by atoms with Gasteiger partial charge < -0.3 is 4.74 Å². The molecule has 0 bridgehead atoms. The zero-order valence-corrected chi connectivity index (χ0v) is 13.0. The van der Waals surface area contributed by atoms with Crippen LogP contribution in [0.25, 0.3) is 0 Å². The molecule has 1 aromatic carbocycles. The zero-order chi connectivity index (χ0) is 13.0. The number of nitrogens with zero attached hydrogens (tertiary/aromatic N) is 1. The number of methoxy groups -OCH3 is 1. The number of ether oxygens (including phenoxy) is 1. The van der Waals surface area contributed by atoms with E-state index < -0.39 is 0 Å². The van der Waals surface area contributed by atoms with Crippen molar-refractivity contribution in [1.29, 1.82) is 0 Å². The van der Waals surface area contributed by atoms with Gasteiger partial charge in [-0.2, -0.15) is 0 Å². The van der Waals surface area contributed by atoms with Gasteiger partial charge in [-0.1, -0.05) is 15.9 Å². The van der Waals surface area contributed by atoms with Crippen LogP contribution in [0.5, 0.6) is 5.75 Å². The second-order valence-corrected chi connectivity index (χ2v) is 5.99. The lowest BCUT2D eigenvalue weighted by molar-refractivity contribution is 0.186. The van der Waals surface area contributed by atoms with Crippen LogP contribution in [-0.2, 0) is 6.54 Å². The Morgan fingerprint density at radius 2 is 2.11 bits per heavy atom. The topological polar surface area (TPSA) is 12.5 Å². The van der Waals surface area contributed by atoms with Gasteiger partial charge in [0.15, 0.2) is 0 Å². The Bertz CT molecular complexity index is 391. The van der Waals surface area contributed by atoms with Crippen molar-refractivity contribution in [3.05, 3.63) is 28.2 Å². The Kier molecular flexibility index (Phi) is 5.34. The minimum absolute atomic E-state index is 0.705. The van der Waals surface area contributed by atoms with Crippen molar-refractivity contribution in [2.75, 3.05) is 26.1 Å². The van der Waals surface area contributed by atoms with Crippen molar-refractivity contribution < 1.29 is 4.74 Å². The van der Waals surface area contributed by atoms with Gasteiger partial charge in [0, 0.05) is 16.9 Å². The maximum atomic E-state index is 5.91. The third kappa shape index (κ3) is 3.62. The average molecular weight is 333 g/mol. The predicted octanol–water partition coefficient (Wildman–Crippen LogP) is 3.91. The molecule has 1 saturated heterocycles. The molecule has 0 saturated carbocycles. The lowest BCUT2D eigenvalue weighted by atomic mass is 9.98. The maximum Gasteiger partial charge on any atom is 0.119 e. The molecular weight excluding hydrogens is 314 g/mol. The number of rotatable bonds is 4. The predicted molar refractivity (Wildman–Crippen MR) is 79.4 cm³/mol. The highest BCUT2D eigenvalue weighted by atomic mass is 79.9. The highest BCUT2D eigenvalue weighted by molar-refractivity contribution is 9.10. The second kappa shape index (κ2) is 6.78. The van der Waals surface area contributed by atoms with E-state index in [0.29, 0.717) is 5.92 Å². The number of hydrogen-bond donors (Lipinski definition) is 0. The number of alkyl halides is 1. The van der Waals surface area contributed by atoms with Crippen molar-refractivity contribution >= 4 is 27.5 Å². The third-order valence-corrected chi connectivity index (χ3v) is 4.78. The molecule has 2 rings (SSSR count). The first-order chi connectivity index (χ1) is 8.72. The van der Waals surface area contributed by atoms with Gasteiger partial charge in [0.1, 0.15) is 5.75 Å². The minimum atomic E-state index is 0.705. The summed E-state index contributed by atoms with van der Waals surface area (Å²) in [6, 6.07) is 6.14. The summed E-state index contributed by atoms with van der Waals surface area (Å²) in [6.45, 7) is 3.26. The molecule has 2 nitrogen and oxygen atoms in total. The normalized spacial score (nSPS) is 17.9. The second-order valence-electron chi connectivity index (χ2n) is 4.83. The summed E-state index contributed by atoms with van der Waals surface area (Å²) in [4.78, 5) is 2.49. The highest BCUT2D eigenvalue weighted by Crippen LogP contribution is 2.26. The van der Waals surface area contributed by atoms with Crippen LogP contribution in [-0.4, -0.2) is 31.0 Å². The molecule has 1 aliphatic heterocycles. The summed E-state index contributed by atoms with van der Waals surface area (Å²) in [6.07, 6.45) is 2.43. The molecule has 4 heteroatoms. The van der Waals surface area contributed by atoms with Gasteiger partial charge in [-0.3, -0.25) is 4.90 Å². The van der Waals surface area contributed by atoms with Crippen molar-refractivity contribution in [2.24, 2.45) is 5.92 Å². The number of benzene rings is 1. The van der Waals surface area contributed by atoms with E-state index in [2.05, 4.69) is 33.0 Å². The maximum absolute atomic E-state index is 5.91. The van der Waals surface area contributed by atoms with Crippen LogP contribution in [0.1, 0.15) is 18.4 Å².